The van der Waals surface area contributed by atoms with Gasteiger partial charge in [-0.25, -0.2) is 8.78 Å². The van der Waals surface area contributed by atoms with E-state index >= 15 is 0 Å². The fourth-order valence-corrected chi connectivity index (χ4v) is 1.49. The number of hydrogen-bond acceptors (Lipinski definition) is 1. The van der Waals surface area contributed by atoms with Crippen LogP contribution < -0.4 is 10.6 Å². The summed E-state index contributed by atoms with van der Waals surface area (Å²) < 4.78 is 25.6. The van der Waals surface area contributed by atoms with E-state index in [1.807, 2.05) is 0 Å². The molecule has 1 fully saturated rings. The molecule has 2 nitrogen and oxygen atoms in total. The predicted octanol–water partition coefficient (Wildman–Crippen LogP) is 2.41. The first kappa shape index (κ1) is 10.3. The maximum atomic E-state index is 12.8. The van der Waals surface area contributed by atoms with Gasteiger partial charge in [0.2, 0.25) is 0 Å². The number of anilines is 1. The van der Waals surface area contributed by atoms with Crippen LogP contribution in [0.3, 0.4) is 0 Å². The molecule has 1 aliphatic carbocycles. The van der Waals surface area contributed by atoms with E-state index in [0.29, 0.717) is 16.8 Å². The van der Waals surface area contributed by atoms with Crippen molar-refractivity contribution in [1.29, 1.82) is 0 Å². The smallest absolute Gasteiger partial charge is 0.170 e. The lowest BCUT2D eigenvalue weighted by molar-refractivity contribution is 0.584. The van der Waals surface area contributed by atoms with Gasteiger partial charge in [0.1, 0.15) is 11.6 Å². The van der Waals surface area contributed by atoms with Gasteiger partial charge in [0.15, 0.2) is 5.11 Å². The number of rotatable bonds is 2. The van der Waals surface area contributed by atoms with Crippen molar-refractivity contribution >= 4 is 23.0 Å². The summed E-state index contributed by atoms with van der Waals surface area (Å²) in [6, 6.07) is 3.64. The van der Waals surface area contributed by atoms with E-state index in [4.69, 9.17) is 12.2 Å². The molecule has 5 heteroatoms. The van der Waals surface area contributed by atoms with Gasteiger partial charge in [-0.05, 0) is 37.2 Å². The van der Waals surface area contributed by atoms with Crippen LogP contribution in [0.15, 0.2) is 18.2 Å². The normalized spacial score (nSPS) is 14.8. The van der Waals surface area contributed by atoms with Crippen molar-refractivity contribution in [2.75, 3.05) is 5.32 Å². The Morgan fingerprint density at radius 3 is 2.33 bits per heavy atom. The number of thiocarbonyl (C=S) groups is 1. The van der Waals surface area contributed by atoms with Crippen LogP contribution in [0.1, 0.15) is 12.8 Å². The lowest BCUT2D eigenvalue weighted by Gasteiger charge is -2.09. The van der Waals surface area contributed by atoms with Gasteiger partial charge in [0.25, 0.3) is 0 Å². The van der Waals surface area contributed by atoms with Gasteiger partial charge < -0.3 is 10.6 Å². The average Bonchev–Trinajstić information content (AvgIpc) is 2.85. The molecule has 0 aliphatic heterocycles. The first-order valence-corrected chi connectivity index (χ1v) is 5.08. The summed E-state index contributed by atoms with van der Waals surface area (Å²) in [7, 11) is 0. The Balaban J connectivity index is 1.99. The van der Waals surface area contributed by atoms with E-state index in [9.17, 15) is 8.78 Å². The van der Waals surface area contributed by atoms with Crippen LogP contribution in [-0.2, 0) is 0 Å². The quantitative estimate of drug-likeness (QED) is 0.760. The molecular formula is C10H10F2N2S. The van der Waals surface area contributed by atoms with Gasteiger partial charge >= 0.3 is 0 Å². The van der Waals surface area contributed by atoms with Crippen molar-refractivity contribution in [2.45, 2.75) is 18.9 Å². The molecule has 1 aromatic carbocycles. The van der Waals surface area contributed by atoms with Crippen LogP contribution in [0, 0.1) is 11.6 Å². The van der Waals surface area contributed by atoms with E-state index in [-0.39, 0.29) is 0 Å². The molecule has 1 aromatic rings. The van der Waals surface area contributed by atoms with Crippen molar-refractivity contribution < 1.29 is 8.78 Å². The van der Waals surface area contributed by atoms with Gasteiger partial charge in [-0.1, -0.05) is 0 Å². The Morgan fingerprint density at radius 2 is 1.80 bits per heavy atom. The molecule has 0 atom stereocenters. The van der Waals surface area contributed by atoms with E-state index in [1.165, 1.54) is 12.1 Å². The molecule has 15 heavy (non-hydrogen) atoms. The molecule has 1 aliphatic rings. The number of benzene rings is 1. The maximum Gasteiger partial charge on any atom is 0.170 e. The van der Waals surface area contributed by atoms with Crippen molar-refractivity contribution in [1.82, 2.24) is 5.32 Å². The third-order valence-electron chi connectivity index (χ3n) is 2.03. The zero-order chi connectivity index (χ0) is 10.8. The highest BCUT2D eigenvalue weighted by atomic mass is 32.1. The second-order valence-electron chi connectivity index (χ2n) is 3.53. The third-order valence-corrected chi connectivity index (χ3v) is 2.25. The van der Waals surface area contributed by atoms with Crippen LogP contribution in [0.2, 0.25) is 0 Å². The topological polar surface area (TPSA) is 24.1 Å². The summed E-state index contributed by atoms with van der Waals surface area (Å²) in [5.74, 6) is -1.24. The summed E-state index contributed by atoms with van der Waals surface area (Å²) in [5, 5.41) is 6.16. The van der Waals surface area contributed by atoms with Crippen LogP contribution in [0.4, 0.5) is 14.5 Å². The van der Waals surface area contributed by atoms with Crippen molar-refractivity contribution in [2.24, 2.45) is 0 Å². The fraction of sp³-hybridized carbons (Fsp3) is 0.300. The molecule has 1 saturated carbocycles. The Bertz CT molecular complexity index is 371. The maximum absolute atomic E-state index is 12.8. The van der Waals surface area contributed by atoms with Crippen molar-refractivity contribution in [3.8, 4) is 0 Å². The summed E-state index contributed by atoms with van der Waals surface area (Å²) in [6.45, 7) is 0. The molecule has 2 N–H and O–H groups in total. The number of nitrogens with one attached hydrogen (secondary N) is 2. The van der Waals surface area contributed by atoms with Gasteiger partial charge in [-0.2, -0.15) is 0 Å². The second-order valence-corrected chi connectivity index (χ2v) is 3.94. The van der Waals surface area contributed by atoms with E-state index < -0.39 is 11.6 Å². The Labute approximate surface area is 91.7 Å². The largest absolute Gasteiger partial charge is 0.360 e. The molecule has 80 valence electrons. The molecule has 0 bridgehead atoms. The summed E-state index contributed by atoms with van der Waals surface area (Å²) in [4.78, 5) is 0. The Kier molecular flexibility index (Phi) is 2.81. The molecule has 0 unspecified atom stereocenters. The highest BCUT2D eigenvalue weighted by molar-refractivity contribution is 7.80. The van der Waals surface area contributed by atoms with Gasteiger partial charge in [-0.15, -0.1) is 0 Å². The first-order valence-electron chi connectivity index (χ1n) is 4.67. The zero-order valence-corrected chi connectivity index (χ0v) is 8.70. The number of hydrogen-bond donors (Lipinski definition) is 2. The van der Waals surface area contributed by atoms with Gasteiger partial charge in [0, 0.05) is 17.8 Å². The zero-order valence-electron chi connectivity index (χ0n) is 7.89. The highest BCUT2D eigenvalue weighted by Crippen LogP contribution is 2.19. The minimum absolute atomic E-state index is 0.325. The summed E-state index contributed by atoms with van der Waals surface area (Å²) >= 11 is 4.97. The molecule has 2 rings (SSSR count). The highest BCUT2D eigenvalue weighted by Gasteiger charge is 2.21. The van der Waals surface area contributed by atoms with Crippen LogP contribution in [0.5, 0.6) is 0 Å². The minimum atomic E-state index is -0.619. The van der Waals surface area contributed by atoms with Crippen LogP contribution >= 0.6 is 12.2 Å². The van der Waals surface area contributed by atoms with Gasteiger partial charge in [-0.3, -0.25) is 0 Å². The summed E-state index contributed by atoms with van der Waals surface area (Å²) in [6.07, 6.45) is 2.19. The molecule has 0 amide bonds. The van der Waals surface area contributed by atoms with Crippen molar-refractivity contribution in [3.05, 3.63) is 29.8 Å². The lowest BCUT2D eigenvalue weighted by atomic mass is 10.3. The second kappa shape index (κ2) is 4.10. The monoisotopic (exact) mass is 228 g/mol. The lowest BCUT2D eigenvalue weighted by Crippen LogP contribution is -2.30. The minimum Gasteiger partial charge on any atom is -0.360 e. The molecule has 0 heterocycles. The SMILES string of the molecule is Fc1cc(F)cc(NC(=S)NC2CC2)c1. The molecule has 0 radical (unpaired) electrons. The fourth-order valence-electron chi connectivity index (χ4n) is 1.21. The van der Waals surface area contributed by atoms with E-state index in [1.54, 1.807) is 0 Å². The summed E-state index contributed by atoms with van der Waals surface area (Å²) in [5.41, 5.74) is 0.325. The van der Waals surface area contributed by atoms with Crippen LogP contribution in [0.25, 0.3) is 0 Å². The standard InChI is InChI=1S/C10H10F2N2S/c11-6-3-7(12)5-9(4-6)14-10(15)13-8-1-2-8/h3-5,8H,1-2H2,(H2,13,14,15). The molecular weight excluding hydrogens is 218 g/mol. The predicted molar refractivity (Wildman–Crippen MR) is 58.7 cm³/mol. The third kappa shape index (κ3) is 3.13. The Morgan fingerprint density at radius 1 is 1.20 bits per heavy atom. The van der Waals surface area contributed by atoms with Crippen molar-refractivity contribution in [3.63, 3.8) is 0 Å². The molecule has 0 spiro atoms. The first-order chi connectivity index (χ1) is 7.13. The number of halogens is 2. The molecule has 0 aromatic heterocycles. The van der Waals surface area contributed by atoms with E-state index in [0.717, 1.165) is 18.9 Å². The molecule has 0 saturated heterocycles. The van der Waals surface area contributed by atoms with E-state index in [2.05, 4.69) is 10.6 Å². The average molecular weight is 228 g/mol. The Hall–Kier alpha value is -1.23. The van der Waals surface area contributed by atoms with Crippen LogP contribution in [-0.4, -0.2) is 11.2 Å². The van der Waals surface area contributed by atoms with Gasteiger partial charge in [0.05, 0.1) is 0 Å².